The second kappa shape index (κ2) is 10.3. The van der Waals surface area contributed by atoms with Crippen LogP contribution in [0.4, 0.5) is 5.69 Å². The van der Waals surface area contributed by atoms with Gasteiger partial charge in [-0.2, -0.15) is 0 Å². The molecule has 0 bridgehead atoms. The minimum atomic E-state index is -0.321. The summed E-state index contributed by atoms with van der Waals surface area (Å²) in [6.45, 7) is 5.44. The molecule has 0 aliphatic carbocycles. The van der Waals surface area contributed by atoms with Gasteiger partial charge >= 0.3 is 0 Å². The van der Waals surface area contributed by atoms with Gasteiger partial charge in [-0.1, -0.05) is 54.6 Å². The van der Waals surface area contributed by atoms with Crippen molar-refractivity contribution in [2.24, 2.45) is 0 Å². The lowest BCUT2D eigenvalue weighted by atomic mass is 10.1. The predicted molar refractivity (Wildman–Crippen MR) is 119 cm³/mol. The summed E-state index contributed by atoms with van der Waals surface area (Å²) in [6, 6.07) is 23.9. The SMILES string of the molecule is CCN(CC)C(=O)c1ccccc1NC(=O)c1ccccc1OCc1ccccc1. The number of amides is 2. The van der Waals surface area contributed by atoms with Crippen LogP contribution in [0.5, 0.6) is 5.75 Å². The number of benzene rings is 3. The Labute approximate surface area is 177 Å². The Morgan fingerprint density at radius 2 is 1.40 bits per heavy atom. The van der Waals surface area contributed by atoms with Gasteiger partial charge in [0.1, 0.15) is 12.4 Å². The minimum absolute atomic E-state index is 0.107. The quantitative estimate of drug-likeness (QED) is 0.577. The number of carbonyl (C=O) groups is 2. The Morgan fingerprint density at radius 1 is 0.800 bits per heavy atom. The van der Waals surface area contributed by atoms with E-state index < -0.39 is 0 Å². The zero-order chi connectivity index (χ0) is 21.3. The lowest BCUT2D eigenvalue weighted by Crippen LogP contribution is -2.31. The second-order valence-electron chi connectivity index (χ2n) is 6.75. The summed E-state index contributed by atoms with van der Waals surface area (Å²) in [7, 11) is 0. The first-order valence-electron chi connectivity index (χ1n) is 10.1. The highest BCUT2D eigenvalue weighted by molar-refractivity contribution is 6.10. The third-order valence-electron chi connectivity index (χ3n) is 4.83. The molecule has 154 valence electrons. The zero-order valence-corrected chi connectivity index (χ0v) is 17.3. The summed E-state index contributed by atoms with van der Waals surface area (Å²) in [5.74, 6) is 0.0642. The molecule has 2 amide bonds. The molecule has 0 fully saturated rings. The molecule has 0 unspecified atom stereocenters. The number of hydrogen-bond acceptors (Lipinski definition) is 3. The smallest absolute Gasteiger partial charge is 0.259 e. The normalized spacial score (nSPS) is 10.3. The summed E-state index contributed by atoms with van der Waals surface area (Å²) >= 11 is 0. The number of rotatable bonds is 8. The summed E-state index contributed by atoms with van der Waals surface area (Å²) in [6.07, 6.45) is 0. The Hall–Kier alpha value is -3.60. The van der Waals surface area contributed by atoms with Gasteiger partial charge in [-0.25, -0.2) is 0 Å². The van der Waals surface area contributed by atoms with Crippen molar-refractivity contribution in [2.45, 2.75) is 20.5 Å². The molecule has 0 aliphatic rings. The van der Waals surface area contributed by atoms with Crippen molar-refractivity contribution in [3.8, 4) is 5.75 Å². The van der Waals surface area contributed by atoms with Crippen molar-refractivity contribution in [3.63, 3.8) is 0 Å². The van der Waals surface area contributed by atoms with Gasteiger partial charge in [-0.3, -0.25) is 9.59 Å². The van der Waals surface area contributed by atoms with Crippen LogP contribution in [0, 0.1) is 0 Å². The van der Waals surface area contributed by atoms with Gasteiger partial charge in [0.2, 0.25) is 0 Å². The fraction of sp³-hybridized carbons (Fsp3) is 0.200. The van der Waals surface area contributed by atoms with Gasteiger partial charge in [0.25, 0.3) is 11.8 Å². The fourth-order valence-corrected chi connectivity index (χ4v) is 3.16. The first-order valence-corrected chi connectivity index (χ1v) is 10.1. The van der Waals surface area contributed by atoms with Crippen LogP contribution in [-0.4, -0.2) is 29.8 Å². The molecule has 0 saturated heterocycles. The molecular weight excluding hydrogens is 376 g/mol. The van der Waals surface area contributed by atoms with E-state index in [1.54, 1.807) is 47.4 Å². The van der Waals surface area contributed by atoms with E-state index in [-0.39, 0.29) is 11.8 Å². The highest BCUT2D eigenvalue weighted by atomic mass is 16.5. The van der Waals surface area contributed by atoms with Crippen molar-refractivity contribution in [2.75, 3.05) is 18.4 Å². The number of ether oxygens (including phenoxy) is 1. The summed E-state index contributed by atoms with van der Waals surface area (Å²) in [5, 5.41) is 2.88. The Morgan fingerprint density at radius 3 is 2.10 bits per heavy atom. The van der Waals surface area contributed by atoms with E-state index in [0.717, 1.165) is 5.56 Å². The van der Waals surface area contributed by atoms with Gasteiger partial charge in [0.05, 0.1) is 16.8 Å². The molecule has 5 nitrogen and oxygen atoms in total. The maximum absolute atomic E-state index is 13.0. The third-order valence-corrected chi connectivity index (χ3v) is 4.83. The third kappa shape index (κ3) is 5.06. The monoisotopic (exact) mass is 402 g/mol. The predicted octanol–water partition coefficient (Wildman–Crippen LogP) is 5.00. The van der Waals surface area contributed by atoms with Crippen LogP contribution >= 0.6 is 0 Å². The fourth-order valence-electron chi connectivity index (χ4n) is 3.16. The van der Waals surface area contributed by atoms with Gasteiger partial charge < -0.3 is 15.0 Å². The largest absolute Gasteiger partial charge is 0.488 e. The Bertz CT molecular complexity index is 998. The molecule has 30 heavy (non-hydrogen) atoms. The molecule has 3 aromatic carbocycles. The molecule has 0 atom stereocenters. The number of carbonyl (C=O) groups excluding carboxylic acids is 2. The van der Waals surface area contributed by atoms with Crippen LogP contribution in [-0.2, 0) is 6.61 Å². The van der Waals surface area contributed by atoms with Crippen molar-refractivity contribution >= 4 is 17.5 Å². The van der Waals surface area contributed by atoms with Gasteiger partial charge in [0.15, 0.2) is 0 Å². The highest BCUT2D eigenvalue weighted by Gasteiger charge is 2.19. The van der Waals surface area contributed by atoms with Crippen molar-refractivity contribution in [3.05, 3.63) is 95.6 Å². The van der Waals surface area contributed by atoms with E-state index in [4.69, 9.17) is 4.74 Å². The van der Waals surface area contributed by atoms with Gasteiger partial charge in [-0.05, 0) is 43.7 Å². The van der Waals surface area contributed by atoms with E-state index in [2.05, 4.69) is 5.32 Å². The van der Waals surface area contributed by atoms with Gasteiger partial charge in [-0.15, -0.1) is 0 Å². The Balaban J connectivity index is 1.80. The number of nitrogens with zero attached hydrogens (tertiary/aromatic N) is 1. The molecule has 0 heterocycles. The van der Waals surface area contributed by atoms with E-state index in [1.807, 2.05) is 50.2 Å². The Kier molecular flexibility index (Phi) is 7.22. The zero-order valence-electron chi connectivity index (χ0n) is 17.3. The van der Waals surface area contributed by atoms with Gasteiger partial charge in [0, 0.05) is 13.1 Å². The maximum atomic E-state index is 13.0. The topological polar surface area (TPSA) is 58.6 Å². The van der Waals surface area contributed by atoms with Crippen LogP contribution in [0.25, 0.3) is 0 Å². The van der Waals surface area contributed by atoms with Crippen molar-refractivity contribution in [1.29, 1.82) is 0 Å². The maximum Gasteiger partial charge on any atom is 0.259 e. The molecule has 1 N–H and O–H groups in total. The van der Waals surface area contributed by atoms with Crippen LogP contribution in [0.2, 0.25) is 0 Å². The van der Waals surface area contributed by atoms with E-state index >= 15 is 0 Å². The molecular formula is C25H26N2O3. The molecule has 0 aromatic heterocycles. The summed E-state index contributed by atoms with van der Waals surface area (Å²) in [4.78, 5) is 27.6. The van der Waals surface area contributed by atoms with Crippen LogP contribution < -0.4 is 10.1 Å². The van der Waals surface area contributed by atoms with E-state index in [9.17, 15) is 9.59 Å². The first kappa shape index (κ1) is 21.1. The number of hydrogen-bond donors (Lipinski definition) is 1. The molecule has 3 rings (SSSR count). The number of para-hydroxylation sites is 2. The molecule has 0 saturated carbocycles. The standard InChI is InChI=1S/C25H26N2O3/c1-3-27(4-2)25(29)20-14-8-10-16-22(20)26-24(28)21-15-9-11-17-23(21)30-18-19-12-6-5-7-13-19/h5-17H,3-4,18H2,1-2H3,(H,26,28). The van der Waals surface area contributed by atoms with E-state index in [1.165, 1.54) is 0 Å². The van der Waals surface area contributed by atoms with E-state index in [0.29, 0.717) is 42.3 Å². The first-order chi connectivity index (χ1) is 14.6. The molecule has 0 spiro atoms. The summed E-state index contributed by atoms with van der Waals surface area (Å²) < 4.78 is 5.90. The van der Waals surface area contributed by atoms with Crippen LogP contribution in [0.3, 0.4) is 0 Å². The van der Waals surface area contributed by atoms with Crippen molar-refractivity contribution < 1.29 is 14.3 Å². The minimum Gasteiger partial charge on any atom is -0.488 e. The lowest BCUT2D eigenvalue weighted by Gasteiger charge is -2.20. The highest BCUT2D eigenvalue weighted by Crippen LogP contribution is 2.23. The lowest BCUT2D eigenvalue weighted by molar-refractivity contribution is 0.0774. The summed E-state index contributed by atoms with van der Waals surface area (Å²) in [5.41, 5.74) is 2.39. The van der Waals surface area contributed by atoms with Crippen molar-refractivity contribution in [1.82, 2.24) is 4.90 Å². The molecule has 5 heteroatoms. The average molecular weight is 402 g/mol. The molecule has 0 radical (unpaired) electrons. The molecule has 0 aliphatic heterocycles. The second-order valence-corrected chi connectivity index (χ2v) is 6.75. The molecule has 3 aromatic rings. The number of nitrogens with one attached hydrogen (secondary N) is 1. The average Bonchev–Trinajstić information content (AvgIpc) is 2.79. The number of anilines is 1. The van der Waals surface area contributed by atoms with Crippen LogP contribution in [0.15, 0.2) is 78.9 Å². The van der Waals surface area contributed by atoms with Crippen LogP contribution in [0.1, 0.15) is 40.1 Å².